The molecule has 0 spiro atoms. The zero-order chi connectivity index (χ0) is 28.2. The summed E-state index contributed by atoms with van der Waals surface area (Å²) in [6.45, 7) is 4.47. The van der Waals surface area contributed by atoms with Crippen LogP contribution in [0.2, 0.25) is 0 Å². The highest BCUT2D eigenvalue weighted by atomic mass is 16.8. The topological polar surface area (TPSA) is 192 Å². The molecular weight excluding hydrogens is 504 g/mol. The number of rotatable bonds is 10. The quantitative estimate of drug-likeness (QED) is 0.124. The zero-order valence-corrected chi connectivity index (χ0v) is 21.7. The van der Waals surface area contributed by atoms with Crippen LogP contribution >= 0.6 is 0 Å². The van der Waals surface area contributed by atoms with Gasteiger partial charge in [-0.05, 0) is 46.5 Å². The molecule has 1 saturated carbocycles. The number of carbonyl (C=O) groups excluding carboxylic acids is 1. The van der Waals surface area contributed by atoms with Gasteiger partial charge in [-0.2, -0.15) is 0 Å². The van der Waals surface area contributed by atoms with E-state index in [4.69, 9.17) is 24.1 Å². The highest BCUT2D eigenvalue weighted by Gasteiger charge is 2.56. The first-order valence-electron chi connectivity index (χ1n) is 12.6. The molecule has 9 atom stereocenters. The van der Waals surface area contributed by atoms with Gasteiger partial charge in [0.2, 0.25) is 6.29 Å². The van der Waals surface area contributed by atoms with Crippen LogP contribution in [0.15, 0.2) is 35.1 Å². The first kappa shape index (κ1) is 30.2. The molecule has 0 unspecified atom stereocenters. The van der Waals surface area contributed by atoms with Crippen molar-refractivity contribution in [2.75, 3.05) is 13.2 Å². The molecule has 1 saturated heterocycles. The van der Waals surface area contributed by atoms with Crippen molar-refractivity contribution in [2.45, 2.75) is 89.1 Å². The van der Waals surface area contributed by atoms with E-state index >= 15 is 0 Å². The molecule has 1 aliphatic carbocycles. The van der Waals surface area contributed by atoms with Gasteiger partial charge in [-0.3, -0.25) is 0 Å². The Kier molecular flexibility index (Phi) is 10.1. The number of aliphatic hydroxyl groups excluding tert-OH is 4. The lowest BCUT2D eigenvalue weighted by molar-refractivity contribution is -0.346. The Hall–Kier alpha value is -2.32. The Morgan fingerprint density at radius 1 is 1.13 bits per heavy atom. The van der Waals surface area contributed by atoms with Gasteiger partial charge in [0.05, 0.1) is 30.0 Å². The van der Waals surface area contributed by atoms with E-state index in [2.05, 4.69) is 0 Å². The van der Waals surface area contributed by atoms with Gasteiger partial charge in [0, 0.05) is 11.5 Å². The number of aliphatic carboxylic acids is 1. The van der Waals surface area contributed by atoms with Crippen molar-refractivity contribution in [3.63, 3.8) is 0 Å². The maximum atomic E-state index is 12.4. The first-order valence-corrected chi connectivity index (χ1v) is 12.6. The smallest absolute Gasteiger partial charge is 0.334 e. The molecule has 0 aromatic heterocycles. The summed E-state index contributed by atoms with van der Waals surface area (Å²) in [5.41, 5.74) is -0.0235. The largest absolute Gasteiger partial charge is 0.478 e. The molecule has 2 aliphatic heterocycles. The molecule has 214 valence electrons. The maximum Gasteiger partial charge on any atom is 0.334 e. The molecule has 6 N–H and O–H groups in total. The molecule has 0 radical (unpaired) electrons. The second kappa shape index (κ2) is 12.7. The standard InChI is InChI=1S/C26H38O12/c1-13(8-10-27)5-4-6-14(2)23(33)35-12-17-19(28)20(29)21(30)25(37-17)38-24-18-15(7-9-26(18,3)34)16(11-36-24)22(31)32/h6,8,11,15,17-21,24-25,27-30,34H,4-5,7,9-10,12H2,1-3H3,(H,31,32)/b13-8+,14-6+/t15-,17-,18-,19-,20+,21-,24+,25+,26+/m1/s1. The van der Waals surface area contributed by atoms with Crippen LogP contribution in [0.3, 0.4) is 0 Å². The fraction of sp³-hybridized carbons (Fsp3) is 0.692. The number of allylic oxidation sites excluding steroid dienone is 2. The van der Waals surface area contributed by atoms with Gasteiger partial charge in [0.25, 0.3) is 0 Å². The number of aliphatic hydroxyl groups is 5. The molecule has 2 fully saturated rings. The third-order valence-corrected chi connectivity index (χ3v) is 7.45. The Balaban J connectivity index is 1.64. The highest BCUT2D eigenvalue weighted by Crippen LogP contribution is 2.49. The van der Waals surface area contributed by atoms with Crippen molar-refractivity contribution in [2.24, 2.45) is 11.8 Å². The van der Waals surface area contributed by atoms with E-state index in [0.717, 1.165) is 11.8 Å². The molecule has 12 nitrogen and oxygen atoms in total. The number of hydrogen-bond donors (Lipinski definition) is 6. The van der Waals surface area contributed by atoms with Crippen LogP contribution in [0.5, 0.6) is 0 Å². The number of ether oxygens (including phenoxy) is 4. The van der Waals surface area contributed by atoms with Crippen LogP contribution < -0.4 is 0 Å². The summed E-state index contributed by atoms with van der Waals surface area (Å²) in [6.07, 6.45) is -2.69. The average molecular weight is 543 g/mol. The lowest BCUT2D eigenvalue weighted by Crippen LogP contribution is -2.61. The molecule has 0 bridgehead atoms. The van der Waals surface area contributed by atoms with E-state index < -0.39 is 73.0 Å². The zero-order valence-electron chi connectivity index (χ0n) is 21.7. The van der Waals surface area contributed by atoms with Crippen molar-refractivity contribution < 1.29 is 59.2 Å². The Morgan fingerprint density at radius 2 is 1.84 bits per heavy atom. The summed E-state index contributed by atoms with van der Waals surface area (Å²) in [4.78, 5) is 24.0. The molecule has 0 aromatic rings. The SMILES string of the molecule is C/C(=C\CO)CC/C=C(\C)C(=O)OC[C@H]1O[C@@H](O[C@@H]2OC=C(C(=O)O)[C@H]3CC[C@](C)(O)[C@@H]23)[C@H](O)[C@@H](O)[C@@H]1O. The van der Waals surface area contributed by atoms with Gasteiger partial charge in [-0.25, -0.2) is 9.59 Å². The van der Waals surface area contributed by atoms with Gasteiger partial charge >= 0.3 is 11.9 Å². The highest BCUT2D eigenvalue weighted by molar-refractivity contribution is 5.88. The number of carbonyl (C=O) groups is 2. The van der Waals surface area contributed by atoms with Crippen LogP contribution in [0.4, 0.5) is 0 Å². The van der Waals surface area contributed by atoms with Gasteiger partial charge in [0.1, 0.15) is 31.0 Å². The van der Waals surface area contributed by atoms with Crippen molar-refractivity contribution >= 4 is 11.9 Å². The third-order valence-electron chi connectivity index (χ3n) is 7.45. The fourth-order valence-corrected chi connectivity index (χ4v) is 5.13. The van der Waals surface area contributed by atoms with E-state index in [0.29, 0.717) is 31.3 Å². The molecule has 0 aromatic carbocycles. The molecule has 12 heteroatoms. The summed E-state index contributed by atoms with van der Waals surface area (Å²) < 4.78 is 22.1. The molecular formula is C26H38O12. The summed E-state index contributed by atoms with van der Waals surface area (Å²) in [6, 6.07) is 0. The molecule has 0 amide bonds. The Bertz CT molecular complexity index is 954. The average Bonchev–Trinajstić information content (AvgIpc) is 3.18. The Labute approximate surface area is 220 Å². The van der Waals surface area contributed by atoms with Gasteiger partial charge in [-0.15, -0.1) is 0 Å². The monoisotopic (exact) mass is 542 g/mol. The molecule has 3 aliphatic rings. The number of esters is 1. The van der Waals surface area contributed by atoms with Crippen LogP contribution in [-0.2, 0) is 28.5 Å². The van der Waals surface area contributed by atoms with Gasteiger partial charge in [0.15, 0.2) is 6.29 Å². The predicted octanol–water partition coefficient (Wildman–Crippen LogP) is 0.121. The summed E-state index contributed by atoms with van der Waals surface area (Å²) >= 11 is 0. The van der Waals surface area contributed by atoms with E-state index in [1.807, 2.05) is 6.92 Å². The van der Waals surface area contributed by atoms with Crippen LogP contribution in [0.25, 0.3) is 0 Å². The van der Waals surface area contributed by atoms with Crippen molar-refractivity contribution in [1.82, 2.24) is 0 Å². The van der Waals surface area contributed by atoms with E-state index in [1.54, 1.807) is 26.0 Å². The van der Waals surface area contributed by atoms with Crippen LogP contribution in [0, 0.1) is 11.8 Å². The summed E-state index contributed by atoms with van der Waals surface area (Å²) in [5.74, 6) is -3.19. The second-order valence-electron chi connectivity index (χ2n) is 10.3. The minimum atomic E-state index is -1.70. The molecule has 2 heterocycles. The van der Waals surface area contributed by atoms with Crippen molar-refractivity contribution in [1.29, 1.82) is 0 Å². The third kappa shape index (κ3) is 6.81. The van der Waals surface area contributed by atoms with Gasteiger partial charge < -0.3 is 49.6 Å². The fourth-order valence-electron chi connectivity index (χ4n) is 5.13. The van der Waals surface area contributed by atoms with Gasteiger partial charge in [-0.1, -0.05) is 17.7 Å². The normalized spacial score (nSPS) is 37.7. The number of carboxylic acids is 1. The van der Waals surface area contributed by atoms with E-state index in [1.165, 1.54) is 0 Å². The summed E-state index contributed by atoms with van der Waals surface area (Å²) in [7, 11) is 0. The van der Waals surface area contributed by atoms with Crippen LogP contribution in [-0.4, -0.2) is 98.4 Å². The van der Waals surface area contributed by atoms with Crippen molar-refractivity contribution in [3.8, 4) is 0 Å². The Morgan fingerprint density at radius 3 is 2.50 bits per heavy atom. The maximum absolute atomic E-state index is 12.4. The number of carboxylic acid groups (broad SMARTS) is 1. The van der Waals surface area contributed by atoms with Crippen LogP contribution in [0.1, 0.15) is 46.5 Å². The molecule has 3 rings (SSSR count). The summed E-state index contributed by atoms with van der Waals surface area (Å²) in [5, 5.41) is 60.5. The minimum Gasteiger partial charge on any atom is -0.478 e. The lowest BCUT2D eigenvalue weighted by atomic mass is 9.81. The van der Waals surface area contributed by atoms with E-state index in [-0.39, 0.29) is 12.2 Å². The second-order valence-corrected chi connectivity index (χ2v) is 10.3. The van der Waals surface area contributed by atoms with Crippen molar-refractivity contribution in [3.05, 3.63) is 35.1 Å². The molecule has 38 heavy (non-hydrogen) atoms. The number of fused-ring (bicyclic) bond motifs is 1. The lowest BCUT2D eigenvalue weighted by Gasteiger charge is -2.44. The minimum absolute atomic E-state index is 0.000913. The predicted molar refractivity (Wildman–Crippen MR) is 130 cm³/mol. The number of hydrogen-bond acceptors (Lipinski definition) is 11. The van der Waals surface area contributed by atoms with E-state index in [9.17, 15) is 35.1 Å². The first-order chi connectivity index (χ1) is 17.9.